The highest BCUT2D eigenvalue weighted by molar-refractivity contribution is 5.90. The lowest BCUT2D eigenvalue weighted by Crippen LogP contribution is -2.44. The topological polar surface area (TPSA) is 56.4 Å². The highest BCUT2D eigenvalue weighted by atomic mass is 15.3. The zero-order valence-corrected chi connectivity index (χ0v) is 18.5. The summed E-state index contributed by atoms with van der Waals surface area (Å²) in [5.74, 6) is 0. The van der Waals surface area contributed by atoms with E-state index in [2.05, 4.69) is 64.1 Å². The summed E-state index contributed by atoms with van der Waals surface area (Å²) in [7, 11) is 2.05. The Morgan fingerprint density at radius 1 is 1.03 bits per heavy atom. The highest BCUT2D eigenvalue weighted by Gasteiger charge is 2.23. The summed E-state index contributed by atoms with van der Waals surface area (Å²) in [4.78, 5) is 2.48. The third-order valence-electron chi connectivity index (χ3n) is 6.47. The maximum Gasteiger partial charge on any atom is 0.0991 e. The first-order valence-corrected chi connectivity index (χ1v) is 11.2. The molecule has 1 aliphatic rings. The zero-order chi connectivity index (χ0) is 22.1. The van der Waals surface area contributed by atoms with E-state index >= 15 is 0 Å². The van der Waals surface area contributed by atoms with Crippen LogP contribution in [0.15, 0.2) is 66.9 Å². The van der Waals surface area contributed by atoms with Crippen LogP contribution in [0.3, 0.4) is 0 Å². The minimum atomic E-state index is 0.501. The number of anilines is 1. The van der Waals surface area contributed by atoms with Crippen molar-refractivity contribution in [3.63, 3.8) is 0 Å². The van der Waals surface area contributed by atoms with Crippen molar-refractivity contribution in [1.29, 1.82) is 5.26 Å². The molecule has 1 saturated heterocycles. The van der Waals surface area contributed by atoms with Crippen LogP contribution in [0.2, 0.25) is 0 Å². The van der Waals surface area contributed by atoms with Gasteiger partial charge in [0, 0.05) is 36.5 Å². The molecule has 1 unspecified atom stereocenters. The van der Waals surface area contributed by atoms with E-state index in [9.17, 15) is 5.26 Å². The van der Waals surface area contributed by atoms with Crippen LogP contribution in [0.5, 0.6) is 0 Å². The lowest BCUT2D eigenvalue weighted by atomic mass is 10.00. The molecule has 2 aromatic heterocycles. The predicted octanol–water partition coefficient (Wildman–Crippen LogP) is 5.04. The molecule has 2 aromatic carbocycles. The minimum absolute atomic E-state index is 0.501. The van der Waals surface area contributed by atoms with Crippen LogP contribution in [-0.4, -0.2) is 35.8 Å². The number of benzene rings is 2. The number of nitriles is 1. The fraction of sp³-hybridized carbons (Fsp3) is 0.259. The predicted molar refractivity (Wildman–Crippen MR) is 130 cm³/mol. The first kappa shape index (κ1) is 20.3. The third kappa shape index (κ3) is 3.63. The SMILES string of the molecule is CNC1CCCN(c2ccnn3c(-c4ccc(C)cc4)c(-c4ccc(C#N)cc4)cc23)C1. The summed E-state index contributed by atoms with van der Waals surface area (Å²) >= 11 is 0. The quantitative estimate of drug-likeness (QED) is 0.502. The molecule has 1 fully saturated rings. The molecule has 4 aromatic rings. The van der Waals surface area contributed by atoms with Crippen LogP contribution in [0.4, 0.5) is 5.69 Å². The van der Waals surface area contributed by atoms with Gasteiger partial charge in [-0.3, -0.25) is 0 Å². The lowest BCUT2D eigenvalue weighted by Gasteiger charge is -2.34. The molecule has 0 saturated carbocycles. The van der Waals surface area contributed by atoms with E-state index in [1.807, 2.05) is 37.5 Å². The van der Waals surface area contributed by atoms with Crippen molar-refractivity contribution < 1.29 is 0 Å². The number of likely N-dealkylation sites (N-methyl/N-ethyl adjacent to an activating group) is 1. The van der Waals surface area contributed by atoms with Crippen molar-refractivity contribution >= 4 is 11.2 Å². The molecule has 0 bridgehead atoms. The van der Waals surface area contributed by atoms with Crippen LogP contribution in [-0.2, 0) is 0 Å². The molecule has 0 aliphatic carbocycles. The molecule has 5 rings (SSSR count). The smallest absolute Gasteiger partial charge is 0.0991 e. The average Bonchev–Trinajstić information content (AvgIpc) is 3.24. The third-order valence-corrected chi connectivity index (χ3v) is 6.47. The molecule has 160 valence electrons. The summed E-state index contributed by atoms with van der Waals surface area (Å²) in [5.41, 5.74) is 8.64. The highest BCUT2D eigenvalue weighted by Crippen LogP contribution is 2.38. The number of aromatic nitrogens is 2. The molecule has 32 heavy (non-hydrogen) atoms. The Labute approximate surface area is 188 Å². The van der Waals surface area contributed by atoms with E-state index < -0.39 is 0 Å². The lowest BCUT2D eigenvalue weighted by molar-refractivity contribution is 0.450. The number of nitrogens with one attached hydrogen (secondary N) is 1. The molecule has 1 N–H and O–H groups in total. The molecule has 0 radical (unpaired) electrons. The van der Waals surface area contributed by atoms with E-state index in [1.165, 1.54) is 24.1 Å². The number of piperidine rings is 1. The number of hydrogen-bond donors (Lipinski definition) is 1. The van der Waals surface area contributed by atoms with Crippen molar-refractivity contribution in [2.45, 2.75) is 25.8 Å². The van der Waals surface area contributed by atoms with Crippen LogP contribution in [0, 0.1) is 18.3 Å². The van der Waals surface area contributed by atoms with Gasteiger partial charge in [-0.25, -0.2) is 4.52 Å². The van der Waals surface area contributed by atoms with Gasteiger partial charge in [0.15, 0.2) is 0 Å². The Balaban J connectivity index is 1.71. The number of hydrogen-bond acceptors (Lipinski definition) is 4. The Morgan fingerprint density at radius 2 is 1.78 bits per heavy atom. The van der Waals surface area contributed by atoms with Crippen LogP contribution in [0.25, 0.3) is 27.9 Å². The normalized spacial score (nSPS) is 16.3. The Kier molecular flexibility index (Phi) is 5.38. The van der Waals surface area contributed by atoms with Crippen LogP contribution in [0.1, 0.15) is 24.0 Å². The van der Waals surface area contributed by atoms with Crippen molar-refractivity contribution in [2.24, 2.45) is 0 Å². The first-order chi connectivity index (χ1) is 15.7. The van der Waals surface area contributed by atoms with Gasteiger partial charge >= 0.3 is 0 Å². The monoisotopic (exact) mass is 421 g/mol. The van der Waals surface area contributed by atoms with E-state index in [-0.39, 0.29) is 0 Å². The van der Waals surface area contributed by atoms with Crippen LogP contribution < -0.4 is 10.2 Å². The summed E-state index contributed by atoms with van der Waals surface area (Å²) in [6, 6.07) is 23.5. The molecule has 5 nitrogen and oxygen atoms in total. The minimum Gasteiger partial charge on any atom is -0.368 e. The van der Waals surface area contributed by atoms with E-state index in [0.717, 1.165) is 41.0 Å². The molecule has 1 atom stereocenters. The Morgan fingerprint density at radius 3 is 2.50 bits per heavy atom. The molecule has 0 spiro atoms. The van der Waals surface area contributed by atoms with Gasteiger partial charge in [0.25, 0.3) is 0 Å². The molecular weight excluding hydrogens is 394 g/mol. The zero-order valence-electron chi connectivity index (χ0n) is 18.5. The van der Waals surface area contributed by atoms with Crippen LogP contribution >= 0.6 is 0 Å². The average molecular weight is 422 g/mol. The fourth-order valence-corrected chi connectivity index (χ4v) is 4.69. The standard InChI is InChI=1S/C27H27N5/c1-19-5-9-22(10-6-19)27-24(21-11-7-20(17-28)8-12-21)16-26-25(13-14-30-32(26)27)31-15-3-4-23(18-31)29-2/h5-14,16,23,29H,3-4,15,18H2,1-2H3. The van der Waals surface area contributed by atoms with Gasteiger partial charge in [0.2, 0.25) is 0 Å². The molecule has 3 heterocycles. The van der Waals surface area contributed by atoms with E-state index in [4.69, 9.17) is 5.10 Å². The molecule has 5 heteroatoms. The van der Waals surface area contributed by atoms with Crippen molar-refractivity contribution in [1.82, 2.24) is 14.9 Å². The van der Waals surface area contributed by atoms with Gasteiger partial charge in [0.05, 0.1) is 28.5 Å². The largest absolute Gasteiger partial charge is 0.368 e. The number of rotatable bonds is 4. The van der Waals surface area contributed by atoms with Gasteiger partial charge in [-0.2, -0.15) is 10.4 Å². The summed E-state index contributed by atoms with van der Waals surface area (Å²) < 4.78 is 2.08. The second-order valence-electron chi connectivity index (χ2n) is 8.55. The van der Waals surface area contributed by atoms with Crippen molar-refractivity contribution in [3.8, 4) is 28.5 Å². The van der Waals surface area contributed by atoms with Gasteiger partial charge in [-0.15, -0.1) is 0 Å². The van der Waals surface area contributed by atoms with Crippen molar-refractivity contribution in [3.05, 3.63) is 78.0 Å². The summed E-state index contributed by atoms with van der Waals surface area (Å²) in [6.07, 6.45) is 4.29. The van der Waals surface area contributed by atoms with Gasteiger partial charge < -0.3 is 10.2 Å². The van der Waals surface area contributed by atoms with Gasteiger partial charge in [-0.1, -0.05) is 42.0 Å². The Hall–Kier alpha value is -3.62. The Bertz CT molecular complexity index is 1280. The number of nitrogens with zero attached hydrogens (tertiary/aromatic N) is 4. The maximum absolute atomic E-state index is 9.22. The van der Waals surface area contributed by atoms with E-state index in [1.54, 1.807) is 0 Å². The number of aryl methyl sites for hydroxylation is 1. The van der Waals surface area contributed by atoms with Gasteiger partial charge in [-0.05, 0) is 56.6 Å². The summed E-state index contributed by atoms with van der Waals surface area (Å²) in [5, 5.41) is 17.4. The van der Waals surface area contributed by atoms with Gasteiger partial charge in [0.1, 0.15) is 0 Å². The van der Waals surface area contributed by atoms with E-state index in [0.29, 0.717) is 11.6 Å². The second-order valence-corrected chi connectivity index (χ2v) is 8.55. The molecule has 0 amide bonds. The first-order valence-electron chi connectivity index (χ1n) is 11.2. The second kappa shape index (κ2) is 8.49. The summed E-state index contributed by atoms with van der Waals surface area (Å²) in [6.45, 7) is 4.15. The fourth-order valence-electron chi connectivity index (χ4n) is 4.69. The molecule has 1 aliphatic heterocycles. The molecular formula is C27H27N5. The number of fused-ring (bicyclic) bond motifs is 1. The maximum atomic E-state index is 9.22. The van der Waals surface area contributed by atoms with Crippen molar-refractivity contribution in [2.75, 3.05) is 25.0 Å².